The van der Waals surface area contributed by atoms with Crippen LogP contribution in [0.15, 0.2) is 0 Å². The van der Waals surface area contributed by atoms with Crippen molar-refractivity contribution in [1.29, 1.82) is 0 Å². The number of rotatable bonds is 6. The van der Waals surface area contributed by atoms with Gasteiger partial charge in [0.1, 0.15) is 0 Å². The Morgan fingerprint density at radius 2 is 1.00 bits per heavy atom. The molecule has 0 aromatic rings. The molecule has 0 atom stereocenters. The molecule has 0 spiro atoms. The summed E-state index contributed by atoms with van der Waals surface area (Å²) in [6.45, 7) is 1.75. The summed E-state index contributed by atoms with van der Waals surface area (Å²) in [5.41, 5.74) is 0. The topological polar surface area (TPSA) is 63.9 Å². The molecular weight excluding hydrogens is 145 g/mol. The van der Waals surface area contributed by atoms with Gasteiger partial charge in [0, 0.05) is 19.6 Å². The number of hydrogen-bond acceptors (Lipinski definition) is 4. The van der Waals surface area contributed by atoms with Crippen LogP contribution in [0.5, 0.6) is 0 Å². The van der Waals surface area contributed by atoms with E-state index in [1.807, 2.05) is 0 Å². The molecule has 0 saturated heterocycles. The first kappa shape index (κ1) is 13.5. The molecule has 0 radical (unpaired) electrons. The molecule has 0 unspecified atom stereocenters. The smallest absolute Gasteiger partial charge is 0.0814 e. The van der Waals surface area contributed by atoms with Crippen LogP contribution in [0.3, 0.4) is 0 Å². The molecule has 0 heterocycles. The second-order valence-corrected chi connectivity index (χ2v) is 2.01. The van der Waals surface area contributed by atoms with Gasteiger partial charge in [0.05, 0.1) is 28.2 Å². The highest BCUT2D eigenvalue weighted by molar-refractivity contribution is 5.75. The molecule has 0 aliphatic heterocycles. The minimum absolute atomic E-state index is 0. The number of nitrogens with zero attached hydrogens (tertiary/aromatic N) is 1. The summed E-state index contributed by atoms with van der Waals surface area (Å²) in [6.07, 6.45) is 0. The fourth-order valence-electron chi connectivity index (χ4n) is 0.760. The average molecular weight is 163 g/mol. The van der Waals surface area contributed by atoms with Crippen molar-refractivity contribution in [2.75, 3.05) is 39.5 Å². The zero-order chi connectivity index (χ0) is 7.82. The first-order valence-corrected chi connectivity index (χ1v) is 3.40. The highest BCUT2D eigenvalue weighted by Crippen LogP contribution is 1.84. The third-order valence-electron chi connectivity index (χ3n) is 1.25. The van der Waals surface area contributed by atoms with E-state index >= 15 is 0 Å². The molecule has 0 bridgehead atoms. The van der Waals surface area contributed by atoms with Crippen molar-refractivity contribution in [3.63, 3.8) is 0 Å². The van der Waals surface area contributed by atoms with E-state index in [9.17, 15) is 0 Å². The first-order valence-electron chi connectivity index (χ1n) is 3.40. The fourth-order valence-corrected chi connectivity index (χ4v) is 0.760. The molecular formula is C6H18BNO3. The van der Waals surface area contributed by atoms with Crippen molar-refractivity contribution in [3.05, 3.63) is 0 Å². The lowest BCUT2D eigenvalue weighted by atomic mass is 10.4. The van der Waals surface area contributed by atoms with Crippen LogP contribution in [0, 0.1) is 0 Å². The van der Waals surface area contributed by atoms with Crippen molar-refractivity contribution in [3.8, 4) is 0 Å². The molecule has 0 aromatic heterocycles. The van der Waals surface area contributed by atoms with Crippen molar-refractivity contribution in [2.24, 2.45) is 0 Å². The molecule has 0 aliphatic rings. The standard InChI is InChI=1S/C6H15NO3.BH3/c8-4-1-7(2-5-9)3-6-10;/h8-10H,1-6H2;1H3. The van der Waals surface area contributed by atoms with Gasteiger partial charge >= 0.3 is 0 Å². The van der Waals surface area contributed by atoms with E-state index < -0.39 is 0 Å². The SMILES string of the molecule is B.OCCN(CCO)CCO. The third kappa shape index (κ3) is 7.81. The van der Waals surface area contributed by atoms with Crippen LogP contribution in [-0.2, 0) is 0 Å². The van der Waals surface area contributed by atoms with Crippen LogP contribution in [-0.4, -0.2) is 68.1 Å². The monoisotopic (exact) mass is 163 g/mol. The lowest BCUT2D eigenvalue weighted by Crippen LogP contribution is -2.32. The Labute approximate surface area is 69.0 Å². The molecule has 0 saturated carbocycles. The molecule has 4 nitrogen and oxygen atoms in total. The van der Waals surface area contributed by atoms with Gasteiger partial charge in [-0.25, -0.2) is 0 Å². The molecule has 0 aliphatic carbocycles. The van der Waals surface area contributed by atoms with Crippen molar-refractivity contribution >= 4 is 8.41 Å². The van der Waals surface area contributed by atoms with Crippen LogP contribution in [0.1, 0.15) is 0 Å². The summed E-state index contributed by atoms with van der Waals surface area (Å²) in [5.74, 6) is 0. The van der Waals surface area contributed by atoms with E-state index in [2.05, 4.69) is 0 Å². The zero-order valence-corrected chi connectivity index (χ0v) is 6.03. The van der Waals surface area contributed by atoms with Gasteiger partial charge in [0.2, 0.25) is 0 Å². The molecule has 0 aromatic carbocycles. The van der Waals surface area contributed by atoms with Gasteiger partial charge in [-0.1, -0.05) is 0 Å². The molecule has 0 rings (SSSR count). The number of hydrogen-bond donors (Lipinski definition) is 3. The molecule has 5 heteroatoms. The summed E-state index contributed by atoms with van der Waals surface area (Å²) in [6, 6.07) is 0. The minimum Gasteiger partial charge on any atom is -0.395 e. The quantitative estimate of drug-likeness (QED) is 0.367. The maximum absolute atomic E-state index is 8.48. The van der Waals surface area contributed by atoms with E-state index in [4.69, 9.17) is 15.3 Å². The summed E-state index contributed by atoms with van der Waals surface area (Å²) in [4.78, 5) is 1.79. The maximum atomic E-state index is 8.48. The molecule has 11 heavy (non-hydrogen) atoms. The average Bonchev–Trinajstić information content (AvgIpc) is 1.90. The van der Waals surface area contributed by atoms with Crippen LogP contribution in [0.4, 0.5) is 0 Å². The summed E-state index contributed by atoms with van der Waals surface area (Å²) < 4.78 is 0. The maximum Gasteiger partial charge on any atom is 0.0814 e. The normalized spacial score (nSPS) is 9.82. The summed E-state index contributed by atoms with van der Waals surface area (Å²) >= 11 is 0. The van der Waals surface area contributed by atoms with Gasteiger partial charge < -0.3 is 15.3 Å². The lowest BCUT2D eigenvalue weighted by molar-refractivity contribution is 0.136. The van der Waals surface area contributed by atoms with Gasteiger partial charge in [-0.3, -0.25) is 4.90 Å². The van der Waals surface area contributed by atoms with Crippen molar-refractivity contribution < 1.29 is 15.3 Å². The first-order chi connectivity index (χ1) is 4.85. The molecule has 0 fully saturated rings. The Hall–Kier alpha value is -0.0951. The Kier molecular flexibility index (Phi) is 12.1. The minimum atomic E-state index is 0. The van der Waals surface area contributed by atoms with Gasteiger partial charge in [0.25, 0.3) is 0 Å². The Morgan fingerprint density at radius 3 is 1.18 bits per heavy atom. The third-order valence-corrected chi connectivity index (χ3v) is 1.25. The van der Waals surface area contributed by atoms with Gasteiger partial charge in [-0.05, 0) is 0 Å². The molecule has 68 valence electrons. The Bertz CT molecular complexity index is 60.6. The lowest BCUT2D eigenvalue weighted by Gasteiger charge is -2.17. The van der Waals surface area contributed by atoms with Crippen molar-refractivity contribution in [2.45, 2.75) is 0 Å². The fraction of sp³-hybridized carbons (Fsp3) is 1.00. The Balaban J connectivity index is 0. The second-order valence-electron chi connectivity index (χ2n) is 2.01. The Morgan fingerprint density at radius 1 is 0.727 bits per heavy atom. The second kappa shape index (κ2) is 9.90. The van der Waals surface area contributed by atoms with Crippen molar-refractivity contribution in [1.82, 2.24) is 4.90 Å². The van der Waals surface area contributed by atoms with Crippen LogP contribution < -0.4 is 0 Å². The summed E-state index contributed by atoms with van der Waals surface area (Å²) in [7, 11) is 0. The van der Waals surface area contributed by atoms with Gasteiger partial charge in [-0.2, -0.15) is 0 Å². The number of aliphatic hydroxyl groups excluding tert-OH is 3. The van der Waals surface area contributed by atoms with E-state index in [0.717, 1.165) is 0 Å². The highest BCUT2D eigenvalue weighted by Gasteiger charge is 2.00. The van der Waals surface area contributed by atoms with Gasteiger partial charge in [0.15, 0.2) is 0 Å². The zero-order valence-electron chi connectivity index (χ0n) is 6.03. The number of aliphatic hydroxyl groups is 3. The van der Waals surface area contributed by atoms with Crippen LogP contribution in [0.2, 0.25) is 0 Å². The van der Waals surface area contributed by atoms with Gasteiger partial charge in [-0.15, -0.1) is 0 Å². The van der Waals surface area contributed by atoms with Crippen LogP contribution >= 0.6 is 0 Å². The predicted octanol–water partition coefficient (Wildman–Crippen LogP) is -2.92. The van der Waals surface area contributed by atoms with E-state index in [-0.39, 0.29) is 28.2 Å². The van der Waals surface area contributed by atoms with Crippen LogP contribution in [0.25, 0.3) is 0 Å². The van der Waals surface area contributed by atoms with E-state index in [1.165, 1.54) is 0 Å². The molecule has 3 N–H and O–H groups in total. The van der Waals surface area contributed by atoms with E-state index in [0.29, 0.717) is 19.6 Å². The predicted molar refractivity (Wildman–Crippen MR) is 47.6 cm³/mol. The largest absolute Gasteiger partial charge is 0.395 e. The highest BCUT2D eigenvalue weighted by atomic mass is 16.3. The summed E-state index contributed by atoms with van der Waals surface area (Å²) in [5, 5.41) is 25.5. The molecule has 0 amide bonds. The van der Waals surface area contributed by atoms with E-state index in [1.54, 1.807) is 4.90 Å².